The standard InChI is InChI=1S/C24H21N5O3/c1-29-13-16(12-28-29)15-4-7-18-20(10-15)27-9-8-21(18)32-17-5-2-14(3-6-17)19-11-24(19,22(25)30)23(26)31/h2-10,12-13,19H,11H2,1H3,(H2,25,30)(H2,26,31). The first-order chi connectivity index (χ1) is 15.4. The summed E-state index contributed by atoms with van der Waals surface area (Å²) < 4.78 is 7.86. The number of fused-ring (bicyclic) bond motifs is 1. The summed E-state index contributed by atoms with van der Waals surface area (Å²) in [5.74, 6) is -0.342. The molecule has 1 unspecified atom stereocenters. The number of rotatable bonds is 6. The lowest BCUT2D eigenvalue weighted by molar-refractivity contribution is -0.133. The zero-order valence-corrected chi connectivity index (χ0v) is 17.4. The second-order valence-corrected chi connectivity index (χ2v) is 8.07. The van der Waals surface area contributed by atoms with Gasteiger partial charge in [-0.1, -0.05) is 18.2 Å². The van der Waals surface area contributed by atoms with Crippen LogP contribution in [-0.2, 0) is 16.6 Å². The van der Waals surface area contributed by atoms with E-state index in [0.717, 1.165) is 27.6 Å². The first-order valence-electron chi connectivity index (χ1n) is 10.1. The van der Waals surface area contributed by atoms with Crippen LogP contribution in [-0.4, -0.2) is 26.6 Å². The molecular weight excluding hydrogens is 406 g/mol. The average Bonchev–Trinajstić information content (AvgIpc) is 3.42. The van der Waals surface area contributed by atoms with Crippen molar-refractivity contribution in [2.45, 2.75) is 12.3 Å². The molecule has 0 aliphatic heterocycles. The van der Waals surface area contributed by atoms with Crippen LogP contribution in [0.4, 0.5) is 0 Å². The van der Waals surface area contributed by atoms with Crippen LogP contribution in [0.15, 0.2) is 67.1 Å². The predicted octanol–water partition coefficient (Wildman–Crippen LogP) is 2.87. The Kier molecular flexibility index (Phi) is 4.44. The maximum Gasteiger partial charge on any atom is 0.233 e. The molecular formula is C24H21N5O3. The molecule has 4 N–H and O–H groups in total. The maximum atomic E-state index is 11.7. The van der Waals surface area contributed by atoms with Crippen molar-refractivity contribution in [2.75, 3.05) is 0 Å². The van der Waals surface area contributed by atoms with E-state index in [-0.39, 0.29) is 5.92 Å². The van der Waals surface area contributed by atoms with Gasteiger partial charge in [-0.2, -0.15) is 5.10 Å². The maximum absolute atomic E-state index is 11.7. The fourth-order valence-corrected chi connectivity index (χ4v) is 4.19. The molecule has 2 aromatic heterocycles. The van der Waals surface area contributed by atoms with Crippen molar-refractivity contribution < 1.29 is 14.3 Å². The van der Waals surface area contributed by atoms with Crippen LogP contribution < -0.4 is 16.2 Å². The monoisotopic (exact) mass is 427 g/mol. The number of amides is 2. The summed E-state index contributed by atoms with van der Waals surface area (Å²) in [5, 5.41) is 5.10. The molecule has 0 saturated heterocycles. The minimum Gasteiger partial charge on any atom is -0.457 e. The highest BCUT2D eigenvalue weighted by atomic mass is 16.5. The topological polar surface area (TPSA) is 126 Å². The summed E-state index contributed by atoms with van der Waals surface area (Å²) in [7, 11) is 1.88. The number of hydrogen-bond acceptors (Lipinski definition) is 5. The molecule has 2 aromatic carbocycles. The Balaban J connectivity index is 1.39. The van der Waals surface area contributed by atoms with Gasteiger partial charge >= 0.3 is 0 Å². The summed E-state index contributed by atoms with van der Waals surface area (Å²) in [5.41, 5.74) is 13.2. The van der Waals surface area contributed by atoms with Crippen molar-refractivity contribution in [3.05, 3.63) is 72.7 Å². The molecule has 1 saturated carbocycles. The van der Waals surface area contributed by atoms with Crippen LogP contribution in [0.25, 0.3) is 22.0 Å². The molecule has 1 aliphatic carbocycles. The number of pyridine rings is 1. The molecule has 1 atom stereocenters. The Labute approximate surface area is 183 Å². The third-order valence-corrected chi connectivity index (χ3v) is 6.09. The number of carbonyl (C=O) groups excluding carboxylic acids is 2. The summed E-state index contributed by atoms with van der Waals surface area (Å²) in [4.78, 5) is 28.0. The molecule has 5 rings (SSSR count). The van der Waals surface area contributed by atoms with Crippen LogP contribution in [0.5, 0.6) is 11.5 Å². The second kappa shape index (κ2) is 7.19. The van der Waals surface area contributed by atoms with Gasteiger partial charge in [-0.15, -0.1) is 0 Å². The zero-order valence-electron chi connectivity index (χ0n) is 17.4. The number of carbonyl (C=O) groups is 2. The van der Waals surface area contributed by atoms with E-state index in [1.165, 1.54) is 0 Å². The van der Waals surface area contributed by atoms with E-state index in [0.29, 0.717) is 17.9 Å². The lowest BCUT2D eigenvalue weighted by Crippen LogP contribution is -2.38. The van der Waals surface area contributed by atoms with Crippen molar-refractivity contribution in [1.82, 2.24) is 14.8 Å². The zero-order chi connectivity index (χ0) is 22.5. The molecule has 32 heavy (non-hydrogen) atoms. The van der Waals surface area contributed by atoms with Gasteiger partial charge in [0.1, 0.15) is 16.9 Å². The van der Waals surface area contributed by atoms with Gasteiger partial charge in [0, 0.05) is 36.3 Å². The first kappa shape index (κ1) is 19.7. The minimum absolute atomic E-state index is 0.292. The summed E-state index contributed by atoms with van der Waals surface area (Å²) in [6.45, 7) is 0. The van der Waals surface area contributed by atoms with Gasteiger partial charge in [-0.3, -0.25) is 19.3 Å². The average molecular weight is 427 g/mol. The molecule has 2 heterocycles. The smallest absolute Gasteiger partial charge is 0.233 e. The molecule has 0 radical (unpaired) electrons. The summed E-state index contributed by atoms with van der Waals surface area (Å²) in [6.07, 6.45) is 5.81. The van der Waals surface area contributed by atoms with Crippen molar-refractivity contribution >= 4 is 22.7 Å². The first-order valence-corrected chi connectivity index (χ1v) is 10.1. The van der Waals surface area contributed by atoms with Gasteiger partial charge in [0.2, 0.25) is 11.8 Å². The van der Waals surface area contributed by atoms with Gasteiger partial charge < -0.3 is 16.2 Å². The van der Waals surface area contributed by atoms with E-state index in [1.807, 2.05) is 55.8 Å². The predicted molar refractivity (Wildman–Crippen MR) is 119 cm³/mol. The summed E-state index contributed by atoms with van der Waals surface area (Å²) >= 11 is 0. The van der Waals surface area contributed by atoms with Crippen molar-refractivity contribution in [2.24, 2.45) is 23.9 Å². The Morgan fingerprint density at radius 2 is 1.81 bits per heavy atom. The normalized spacial score (nSPS) is 16.6. The molecule has 4 aromatic rings. The number of ether oxygens (including phenoxy) is 1. The van der Waals surface area contributed by atoms with Gasteiger partial charge in [0.05, 0.1) is 11.7 Å². The fraction of sp³-hybridized carbons (Fsp3) is 0.167. The minimum atomic E-state index is -1.28. The van der Waals surface area contributed by atoms with Crippen molar-refractivity contribution in [1.29, 1.82) is 0 Å². The van der Waals surface area contributed by atoms with E-state index in [9.17, 15) is 9.59 Å². The molecule has 160 valence electrons. The number of nitrogens with two attached hydrogens (primary N) is 2. The van der Waals surface area contributed by atoms with Crippen LogP contribution in [0, 0.1) is 5.41 Å². The largest absolute Gasteiger partial charge is 0.457 e. The number of aryl methyl sites for hydroxylation is 1. The Morgan fingerprint density at radius 3 is 2.44 bits per heavy atom. The highest BCUT2D eigenvalue weighted by molar-refractivity contribution is 6.08. The van der Waals surface area contributed by atoms with E-state index < -0.39 is 17.2 Å². The number of benzene rings is 2. The van der Waals surface area contributed by atoms with Crippen LogP contribution in [0.2, 0.25) is 0 Å². The molecule has 8 nitrogen and oxygen atoms in total. The van der Waals surface area contributed by atoms with Crippen LogP contribution in [0.3, 0.4) is 0 Å². The van der Waals surface area contributed by atoms with Gasteiger partial charge in [0.25, 0.3) is 0 Å². The highest BCUT2D eigenvalue weighted by Gasteiger charge is 2.64. The molecule has 2 amide bonds. The number of aromatic nitrogens is 3. The SMILES string of the molecule is Cn1cc(-c2ccc3c(Oc4ccc(C5CC5(C(N)=O)C(N)=O)cc4)ccnc3c2)cn1. The van der Waals surface area contributed by atoms with E-state index >= 15 is 0 Å². The number of nitrogens with zero attached hydrogens (tertiary/aromatic N) is 3. The molecule has 1 fully saturated rings. The molecule has 8 heteroatoms. The quantitative estimate of drug-likeness (QED) is 0.458. The van der Waals surface area contributed by atoms with Crippen LogP contribution in [0.1, 0.15) is 17.9 Å². The Morgan fingerprint density at radius 1 is 1.06 bits per heavy atom. The lowest BCUT2D eigenvalue weighted by Gasteiger charge is -2.11. The van der Waals surface area contributed by atoms with Gasteiger partial charge in [-0.05, 0) is 47.9 Å². The molecule has 1 aliphatic rings. The number of primary amides is 2. The van der Waals surface area contributed by atoms with Crippen LogP contribution >= 0.6 is 0 Å². The van der Waals surface area contributed by atoms with E-state index in [2.05, 4.69) is 10.1 Å². The summed E-state index contributed by atoms with van der Waals surface area (Å²) in [6, 6.07) is 15.1. The van der Waals surface area contributed by atoms with Gasteiger partial charge in [-0.25, -0.2) is 0 Å². The Hall–Kier alpha value is -4.20. The third kappa shape index (κ3) is 3.17. The molecule has 0 spiro atoms. The van der Waals surface area contributed by atoms with Crippen molar-refractivity contribution in [3.63, 3.8) is 0 Å². The van der Waals surface area contributed by atoms with E-state index in [4.69, 9.17) is 16.2 Å². The lowest BCUT2D eigenvalue weighted by atomic mass is 9.97. The third-order valence-electron chi connectivity index (χ3n) is 6.09. The van der Waals surface area contributed by atoms with E-state index in [1.54, 1.807) is 23.0 Å². The van der Waals surface area contributed by atoms with Gasteiger partial charge in [0.15, 0.2) is 0 Å². The fourth-order valence-electron chi connectivity index (χ4n) is 4.19. The molecule has 0 bridgehead atoms. The number of hydrogen-bond donors (Lipinski definition) is 2. The Bertz CT molecular complexity index is 1350. The highest BCUT2D eigenvalue weighted by Crippen LogP contribution is 2.59. The van der Waals surface area contributed by atoms with Crippen molar-refractivity contribution in [3.8, 4) is 22.6 Å². The second-order valence-electron chi connectivity index (χ2n) is 8.07.